The number of aromatic nitrogens is 4. The van der Waals surface area contributed by atoms with Gasteiger partial charge in [0.25, 0.3) is 5.91 Å². The number of anilines is 1. The fourth-order valence-corrected chi connectivity index (χ4v) is 4.14. The first-order valence-electron chi connectivity index (χ1n) is 9.97. The highest BCUT2D eigenvalue weighted by atomic mass is 35.5. The predicted octanol–water partition coefficient (Wildman–Crippen LogP) is 5.63. The van der Waals surface area contributed by atoms with E-state index in [0.717, 1.165) is 18.3 Å². The molecule has 0 fully saturated rings. The Morgan fingerprint density at radius 1 is 1.15 bits per heavy atom. The average molecular weight is 492 g/mol. The molecule has 0 unspecified atom stereocenters. The quantitative estimate of drug-likeness (QED) is 0.347. The van der Waals surface area contributed by atoms with Crippen LogP contribution in [0.2, 0.25) is 5.02 Å². The zero-order valence-electron chi connectivity index (χ0n) is 17.3. The topological polar surface area (TPSA) is 77.1 Å². The Hall–Kier alpha value is -3.73. The van der Waals surface area contributed by atoms with Crippen molar-refractivity contribution in [2.24, 2.45) is 0 Å². The smallest absolute Gasteiger partial charge is 0.356 e. The normalized spacial score (nSPS) is 16.1. The summed E-state index contributed by atoms with van der Waals surface area (Å²) in [5.74, 6) is -0.795. The van der Waals surface area contributed by atoms with Gasteiger partial charge in [-0.05, 0) is 31.2 Å². The molecule has 0 N–H and O–H groups in total. The van der Waals surface area contributed by atoms with E-state index >= 15 is 0 Å². The van der Waals surface area contributed by atoms with Gasteiger partial charge in [0.2, 0.25) is 0 Å². The van der Waals surface area contributed by atoms with Gasteiger partial charge in [-0.15, -0.1) is 0 Å². The molecule has 0 saturated carbocycles. The lowest BCUT2D eigenvalue weighted by molar-refractivity contribution is -0.137. The lowest BCUT2D eigenvalue weighted by Gasteiger charge is -2.32. The zero-order valence-corrected chi connectivity index (χ0v) is 18.1. The van der Waals surface area contributed by atoms with Crippen molar-refractivity contribution in [2.75, 3.05) is 11.4 Å². The maximum Gasteiger partial charge on any atom is 0.417 e. The molecule has 1 atom stereocenters. The highest BCUT2D eigenvalue weighted by molar-refractivity contribution is 6.31. The Labute approximate surface area is 194 Å². The molecule has 1 amide bonds. The van der Waals surface area contributed by atoms with Crippen LogP contribution in [0, 0.1) is 5.82 Å². The molecule has 4 aromatic rings. The van der Waals surface area contributed by atoms with Gasteiger partial charge in [0.1, 0.15) is 17.2 Å². The fraction of sp³-hybridized carbons (Fsp3) is 0.182. The Morgan fingerprint density at radius 3 is 2.65 bits per heavy atom. The molecule has 1 aliphatic rings. The summed E-state index contributed by atoms with van der Waals surface area (Å²) >= 11 is 5.87. The van der Waals surface area contributed by atoms with Crippen molar-refractivity contribution in [3.8, 4) is 22.6 Å². The van der Waals surface area contributed by atoms with Crippen LogP contribution in [0.3, 0.4) is 0 Å². The molecule has 0 aliphatic carbocycles. The molecule has 3 aromatic heterocycles. The van der Waals surface area contributed by atoms with Crippen LogP contribution >= 0.6 is 11.6 Å². The maximum atomic E-state index is 13.5. The lowest BCUT2D eigenvalue weighted by atomic mass is 10.1. The van der Waals surface area contributed by atoms with Crippen LogP contribution in [0.1, 0.15) is 29.0 Å². The van der Waals surface area contributed by atoms with E-state index in [2.05, 4.69) is 15.2 Å². The second-order valence-corrected chi connectivity index (χ2v) is 8.15. The van der Waals surface area contributed by atoms with Gasteiger partial charge >= 0.3 is 6.18 Å². The largest absolute Gasteiger partial charge is 0.417 e. The standard InChI is InChI=1S/C22H14ClF4N5O2/c1-11-10-31(14-2-3-16(17(23)5-14)22(25,26)27)21(33)20-15(9-29-32(11)20)18-6-19(34-30-18)12-4-13(24)8-28-7-12/h2-9,11H,10H2,1H3/t11-/m0/s1. The van der Waals surface area contributed by atoms with Crippen molar-refractivity contribution in [1.29, 1.82) is 0 Å². The van der Waals surface area contributed by atoms with Crippen molar-refractivity contribution in [3.63, 3.8) is 0 Å². The van der Waals surface area contributed by atoms with Crippen molar-refractivity contribution in [1.82, 2.24) is 19.9 Å². The van der Waals surface area contributed by atoms with Gasteiger partial charge < -0.3 is 9.42 Å². The molecule has 0 radical (unpaired) electrons. The van der Waals surface area contributed by atoms with Crippen molar-refractivity contribution in [3.05, 3.63) is 71.0 Å². The number of nitrogens with zero attached hydrogens (tertiary/aromatic N) is 5. The molecule has 7 nitrogen and oxygen atoms in total. The molecule has 34 heavy (non-hydrogen) atoms. The molecule has 12 heteroatoms. The number of benzene rings is 1. The number of halogens is 5. The minimum absolute atomic E-state index is 0.174. The number of carbonyl (C=O) groups is 1. The third-order valence-corrected chi connectivity index (χ3v) is 5.77. The van der Waals surface area contributed by atoms with E-state index < -0.39 is 28.5 Å². The van der Waals surface area contributed by atoms with Crippen LogP contribution in [-0.2, 0) is 6.18 Å². The van der Waals surface area contributed by atoms with Gasteiger partial charge in [-0.1, -0.05) is 16.8 Å². The number of pyridine rings is 1. The zero-order chi connectivity index (χ0) is 24.2. The van der Waals surface area contributed by atoms with E-state index in [1.807, 2.05) is 6.92 Å². The summed E-state index contributed by atoms with van der Waals surface area (Å²) in [5.41, 5.74) is 0.433. The molecule has 4 heterocycles. The SMILES string of the molecule is C[C@H]1CN(c2ccc(C(F)(F)F)c(Cl)c2)C(=O)c2c(-c3cc(-c4cncc(F)c4)on3)cnn21. The summed E-state index contributed by atoms with van der Waals surface area (Å²) in [7, 11) is 0. The van der Waals surface area contributed by atoms with Gasteiger partial charge in [-0.25, -0.2) is 4.39 Å². The van der Waals surface area contributed by atoms with Crippen LogP contribution in [0.4, 0.5) is 23.2 Å². The first-order chi connectivity index (χ1) is 16.1. The summed E-state index contributed by atoms with van der Waals surface area (Å²) in [6, 6.07) is 5.64. The third kappa shape index (κ3) is 3.71. The Kier molecular flexibility index (Phi) is 5.16. The number of amides is 1. The second kappa shape index (κ2) is 7.94. The summed E-state index contributed by atoms with van der Waals surface area (Å²) in [6.07, 6.45) is -0.692. The number of fused-ring (bicyclic) bond motifs is 1. The van der Waals surface area contributed by atoms with E-state index in [9.17, 15) is 22.4 Å². The van der Waals surface area contributed by atoms with Crippen LogP contribution < -0.4 is 4.90 Å². The molecular weight excluding hydrogens is 478 g/mol. The third-order valence-electron chi connectivity index (χ3n) is 5.45. The lowest BCUT2D eigenvalue weighted by Crippen LogP contribution is -2.42. The highest BCUT2D eigenvalue weighted by Gasteiger charge is 2.37. The molecular formula is C22H14ClF4N5O2. The van der Waals surface area contributed by atoms with Crippen LogP contribution in [0.25, 0.3) is 22.6 Å². The molecule has 5 rings (SSSR count). The number of rotatable bonds is 3. The van der Waals surface area contributed by atoms with Crippen molar-refractivity contribution < 1.29 is 26.9 Å². The number of hydrogen-bond donors (Lipinski definition) is 0. The van der Waals surface area contributed by atoms with Gasteiger partial charge in [0.05, 0.1) is 34.6 Å². The number of alkyl halides is 3. The Bertz CT molecular complexity index is 1410. The molecule has 0 spiro atoms. The molecule has 174 valence electrons. The molecule has 0 bridgehead atoms. The van der Waals surface area contributed by atoms with Crippen molar-refractivity contribution >= 4 is 23.2 Å². The minimum atomic E-state index is -4.61. The monoisotopic (exact) mass is 491 g/mol. The Balaban J connectivity index is 1.52. The minimum Gasteiger partial charge on any atom is -0.356 e. The van der Waals surface area contributed by atoms with Gasteiger partial charge in [-0.3, -0.25) is 14.5 Å². The number of hydrogen-bond acceptors (Lipinski definition) is 5. The molecule has 1 aliphatic heterocycles. The van der Waals surface area contributed by atoms with E-state index in [0.29, 0.717) is 11.1 Å². The first-order valence-corrected chi connectivity index (χ1v) is 10.4. The van der Waals surface area contributed by atoms with Gasteiger partial charge in [0, 0.05) is 30.1 Å². The summed E-state index contributed by atoms with van der Waals surface area (Å²) in [5, 5.41) is 7.78. The highest BCUT2D eigenvalue weighted by Crippen LogP contribution is 2.39. The fourth-order valence-electron chi connectivity index (χ4n) is 3.86. The van der Waals surface area contributed by atoms with Gasteiger partial charge in [-0.2, -0.15) is 18.3 Å². The Morgan fingerprint density at radius 2 is 1.94 bits per heavy atom. The van der Waals surface area contributed by atoms with Crippen LogP contribution in [-0.4, -0.2) is 32.4 Å². The van der Waals surface area contributed by atoms with E-state index in [-0.39, 0.29) is 35.4 Å². The van der Waals surface area contributed by atoms with Crippen LogP contribution in [0.15, 0.2) is 53.4 Å². The average Bonchev–Trinajstić information content (AvgIpc) is 3.43. The first kappa shape index (κ1) is 22.1. The summed E-state index contributed by atoms with van der Waals surface area (Å²) < 4.78 is 59.6. The van der Waals surface area contributed by atoms with E-state index in [4.69, 9.17) is 16.1 Å². The molecule has 0 saturated heterocycles. The van der Waals surface area contributed by atoms with E-state index in [1.54, 1.807) is 0 Å². The molecule has 1 aromatic carbocycles. The maximum absolute atomic E-state index is 13.5. The van der Waals surface area contributed by atoms with Crippen molar-refractivity contribution in [2.45, 2.75) is 19.1 Å². The summed E-state index contributed by atoms with van der Waals surface area (Å²) in [6.45, 7) is 1.99. The second-order valence-electron chi connectivity index (χ2n) is 7.75. The van der Waals surface area contributed by atoms with Gasteiger partial charge in [0.15, 0.2) is 5.76 Å². The predicted molar refractivity (Wildman–Crippen MR) is 114 cm³/mol. The number of carbonyl (C=O) groups excluding carboxylic acids is 1. The van der Waals surface area contributed by atoms with E-state index in [1.165, 1.54) is 40.2 Å². The summed E-state index contributed by atoms with van der Waals surface area (Å²) in [4.78, 5) is 18.5. The van der Waals surface area contributed by atoms with Crippen LogP contribution in [0.5, 0.6) is 0 Å².